The van der Waals surface area contributed by atoms with Crippen molar-refractivity contribution in [3.05, 3.63) is 39.9 Å². The van der Waals surface area contributed by atoms with Crippen LogP contribution in [0.5, 0.6) is 0 Å². The van der Waals surface area contributed by atoms with Crippen LogP contribution in [0.25, 0.3) is 10.9 Å². The third-order valence-electron chi connectivity index (χ3n) is 6.78. The van der Waals surface area contributed by atoms with Crippen LogP contribution in [-0.4, -0.2) is 40.3 Å². The van der Waals surface area contributed by atoms with Crippen LogP contribution in [0.2, 0.25) is 0 Å². The fourth-order valence-corrected chi connectivity index (χ4v) is 5.39. The number of hydrogen-bond acceptors (Lipinski definition) is 4. The first-order valence-corrected chi connectivity index (χ1v) is 10.6. The molecule has 5 rings (SSSR count). The molecule has 2 saturated heterocycles. The van der Waals surface area contributed by atoms with Crippen molar-refractivity contribution >= 4 is 22.6 Å². The van der Waals surface area contributed by atoms with E-state index >= 15 is 4.39 Å². The highest BCUT2D eigenvalue weighted by Crippen LogP contribution is 2.42. The lowest BCUT2D eigenvalue weighted by atomic mass is 9.96. The maximum atomic E-state index is 15.2. The van der Waals surface area contributed by atoms with Crippen LogP contribution in [-0.2, 0) is 0 Å². The number of nitrogens with one attached hydrogen (secondary N) is 1. The number of nitrogens with zero attached hydrogens (tertiary/aromatic N) is 2. The lowest BCUT2D eigenvalue weighted by molar-refractivity contribution is 0.0695. The van der Waals surface area contributed by atoms with Crippen molar-refractivity contribution in [2.45, 2.75) is 69.6 Å². The van der Waals surface area contributed by atoms with E-state index < -0.39 is 17.2 Å². The molecular formula is C22H26FN3O3. The van der Waals surface area contributed by atoms with Crippen molar-refractivity contribution < 1.29 is 14.3 Å². The average molecular weight is 399 g/mol. The predicted molar refractivity (Wildman–Crippen MR) is 109 cm³/mol. The molecule has 2 bridgehead atoms. The number of carbonyl (C=O) groups is 1. The Morgan fingerprint density at radius 3 is 2.41 bits per heavy atom. The number of carboxylic acid groups (broad SMARTS) is 1. The maximum absolute atomic E-state index is 15.2. The Morgan fingerprint density at radius 1 is 1.17 bits per heavy atom. The minimum absolute atomic E-state index is 0.160. The quantitative estimate of drug-likeness (QED) is 0.807. The molecule has 3 heterocycles. The van der Waals surface area contributed by atoms with Gasteiger partial charge in [0.25, 0.3) is 0 Å². The van der Waals surface area contributed by atoms with Crippen LogP contribution in [0.3, 0.4) is 0 Å². The molecule has 1 aromatic carbocycles. The number of hydrogen-bond donors (Lipinski definition) is 2. The molecule has 0 amide bonds. The zero-order valence-electron chi connectivity index (χ0n) is 16.5. The average Bonchev–Trinajstić information content (AvgIpc) is 3.48. The van der Waals surface area contributed by atoms with E-state index in [2.05, 4.69) is 17.1 Å². The number of pyridine rings is 1. The molecule has 2 aromatic rings. The largest absolute Gasteiger partial charge is 0.477 e. The van der Waals surface area contributed by atoms with E-state index in [1.807, 2.05) is 4.57 Å². The van der Waals surface area contributed by atoms with Gasteiger partial charge in [-0.05, 0) is 57.2 Å². The first-order valence-electron chi connectivity index (χ1n) is 10.6. The van der Waals surface area contributed by atoms with Crippen LogP contribution in [0, 0.1) is 5.82 Å². The van der Waals surface area contributed by atoms with Gasteiger partial charge in [-0.25, -0.2) is 9.18 Å². The summed E-state index contributed by atoms with van der Waals surface area (Å²) in [6.07, 6.45) is 7.43. The van der Waals surface area contributed by atoms with Gasteiger partial charge in [-0.3, -0.25) is 4.79 Å². The van der Waals surface area contributed by atoms with E-state index in [1.165, 1.54) is 12.3 Å². The van der Waals surface area contributed by atoms with E-state index in [0.29, 0.717) is 29.3 Å². The number of anilines is 1. The molecule has 2 N–H and O–H groups in total. The highest BCUT2D eigenvalue weighted by Gasteiger charge is 2.41. The molecule has 6 nitrogen and oxygen atoms in total. The Labute approximate surface area is 168 Å². The van der Waals surface area contributed by atoms with Gasteiger partial charge in [-0.15, -0.1) is 0 Å². The normalized spacial score (nSPS) is 26.3. The standard InChI is InChI=1S/C22H26FN3O3/c1-2-24-12-7-14-5-6-15(8-12)26(14)20-10-19-16(9-18(20)23)21(27)17(22(28)29)11-25(19)13-3-4-13/h9-15,24H,2-8H2,1H3,(H,28,29). The summed E-state index contributed by atoms with van der Waals surface area (Å²) in [5.74, 6) is -1.70. The molecule has 1 aromatic heterocycles. The van der Waals surface area contributed by atoms with Crippen LogP contribution in [0.15, 0.2) is 23.1 Å². The summed E-state index contributed by atoms with van der Waals surface area (Å²) in [6, 6.07) is 4.29. The predicted octanol–water partition coefficient (Wildman–Crippen LogP) is 3.28. The van der Waals surface area contributed by atoms with Crippen LogP contribution >= 0.6 is 0 Å². The highest BCUT2D eigenvalue weighted by atomic mass is 19.1. The van der Waals surface area contributed by atoms with E-state index in [1.54, 1.807) is 6.07 Å². The van der Waals surface area contributed by atoms with Crippen molar-refractivity contribution in [3.63, 3.8) is 0 Å². The smallest absolute Gasteiger partial charge is 0.341 e. The van der Waals surface area contributed by atoms with Gasteiger partial charge in [0.1, 0.15) is 11.4 Å². The number of benzene rings is 1. The lowest BCUT2D eigenvalue weighted by Gasteiger charge is -2.41. The van der Waals surface area contributed by atoms with Gasteiger partial charge < -0.3 is 19.9 Å². The molecular weight excluding hydrogens is 373 g/mol. The monoisotopic (exact) mass is 399 g/mol. The first kappa shape index (κ1) is 18.6. The molecule has 3 fully saturated rings. The fourth-order valence-electron chi connectivity index (χ4n) is 5.39. The topological polar surface area (TPSA) is 74.6 Å². The molecule has 2 aliphatic heterocycles. The second-order valence-corrected chi connectivity index (χ2v) is 8.65. The minimum atomic E-state index is -1.26. The van der Waals surface area contributed by atoms with E-state index in [-0.39, 0.29) is 17.0 Å². The van der Waals surface area contributed by atoms with Gasteiger partial charge in [0, 0.05) is 35.8 Å². The second-order valence-electron chi connectivity index (χ2n) is 8.65. The van der Waals surface area contributed by atoms with Gasteiger partial charge in [0.2, 0.25) is 5.43 Å². The lowest BCUT2D eigenvalue weighted by Crippen LogP contribution is -2.49. The Bertz CT molecular complexity index is 1030. The first-order chi connectivity index (χ1) is 14.0. The van der Waals surface area contributed by atoms with Crippen LogP contribution in [0.4, 0.5) is 10.1 Å². The van der Waals surface area contributed by atoms with Crippen molar-refractivity contribution in [2.24, 2.45) is 0 Å². The SMILES string of the molecule is CCNC1CC2CCC(C1)N2c1cc2c(cc1F)c(=O)c(C(=O)O)cn2C1CC1. The summed E-state index contributed by atoms with van der Waals surface area (Å²) in [5, 5.41) is 13.1. The summed E-state index contributed by atoms with van der Waals surface area (Å²) in [5.41, 5.74) is 0.302. The third kappa shape index (κ3) is 3.03. The van der Waals surface area contributed by atoms with E-state index in [9.17, 15) is 14.7 Å². The van der Waals surface area contributed by atoms with Crippen LogP contribution < -0.4 is 15.6 Å². The van der Waals surface area contributed by atoms with Crippen molar-refractivity contribution in [3.8, 4) is 0 Å². The molecule has 7 heteroatoms. The Kier molecular flexibility index (Phi) is 4.38. The van der Waals surface area contributed by atoms with Crippen molar-refractivity contribution in [2.75, 3.05) is 11.4 Å². The third-order valence-corrected chi connectivity index (χ3v) is 6.78. The second kappa shape index (κ2) is 6.83. The zero-order valence-corrected chi connectivity index (χ0v) is 16.5. The number of fused-ring (bicyclic) bond motifs is 3. The minimum Gasteiger partial charge on any atom is -0.477 e. The van der Waals surface area contributed by atoms with Crippen LogP contribution in [0.1, 0.15) is 61.8 Å². The Morgan fingerprint density at radius 2 is 1.83 bits per heavy atom. The highest BCUT2D eigenvalue weighted by molar-refractivity contribution is 5.93. The number of aromatic nitrogens is 1. The Hall–Kier alpha value is -2.41. The van der Waals surface area contributed by atoms with Gasteiger partial charge in [-0.1, -0.05) is 6.92 Å². The summed E-state index contributed by atoms with van der Waals surface area (Å²) in [6.45, 7) is 3.05. The molecule has 29 heavy (non-hydrogen) atoms. The molecule has 1 aliphatic carbocycles. The molecule has 0 spiro atoms. The summed E-state index contributed by atoms with van der Waals surface area (Å²) >= 11 is 0. The number of aromatic carboxylic acids is 1. The fraction of sp³-hybridized carbons (Fsp3) is 0.545. The van der Waals surface area contributed by atoms with Gasteiger partial charge >= 0.3 is 5.97 Å². The molecule has 3 aliphatic rings. The number of piperidine rings is 1. The maximum Gasteiger partial charge on any atom is 0.341 e. The number of halogens is 1. The summed E-state index contributed by atoms with van der Waals surface area (Å²) in [4.78, 5) is 26.4. The van der Waals surface area contributed by atoms with E-state index in [0.717, 1.165) is 45.1 Å². The molecule has 2 atom stereocenters. The molecule has 2 unspecified atom stereocenters. The van der Waals surface area contributed by atoms with Gasteiger partial charge in [0.05, 0.1) is 11.2 Å². The van der Waals surface area contributed by atoms with Gasteiger partial charge in [0.15, 0.2) is 0 Å². The summed E-state index contributed by atoms with van der Waals surface area (Å²) in [7, 11) is 0. The number of rotatable bonds is 5. The summed E-state index contributed by atoms with van der Waals surface area (Å²) < 4.78 is 17.1. The Balaban J connectivity index is 1.62. The molecule has 1 saturated carbocycles. The van der Waals surface area contributed by atoms with Gasteiger partial charge in [-0.2, -0.15) is 0 Å². The van der Waals surface area contributed by atoms with Crippen molar-refractivity contribution in [1.82, 2.24) is 9.88 Å². The van der Waals surface area contributed by atoms with Crippen molar-refractivity contribution in [1.29, 1.82) is 0 Å². The molecule has 0 radical (unpaired) electrons. The zero-order chi connectivity index (χ0) is 20.3. The molecule has 154 valence electrons. The number of carboxylic acids is 1. The van der Waals surface area contributed by atoms with E-state index in [4.69, 9.17) is 0 Å².